The first-order valence-corrected chi connectivity index (χ1v) is 12.3. The normalized spacial score (nSPS) is 19.0. The first kappa shape index (κ1) is 19.9. The quantitative estimate of drug-likeness (QED) is 0.219. The van der Waals surface area contributed by atoms with Crippen LogP contribution < -0.4 is 0 Å². The van der Waals surface area contributed by atoms with Crippen LogP contribution >= 0.6 is 34.9 Å². The lowest BCUT2D eigenvalue weighted by atomic mass is 9.90. The van der Waals surface area contributed by atoms with E-state index in [1.807, 2.05) is 36.6 Å². The van der Waals surface area contributed by atoms with E-state index >= 15 is 0 Å². The molecular weight excluding hydrogens is 408 g/mol. The molecule has 2 aromatic heterocycles. The number of ether oxygens (including phenoxy) is 1. The molecule has 3 heterocycles. The Kier molecular flexibility index (Phi) is 5.78. The number of ketones is 1. The molecule has 0 bridgehead atoms. The van der Waals surface area contributed by atoms with Crippen LogP contribution in [-0.2, 0) is 17.8 Å². The fraction of sp³-hybridized carbons (Fsp3) is 0.381. The molecule has 0 aliphatic carbocycles. The molecule has 3 aromatic rings. The van der Waals surface area contributed by atoms with Crippen LogP contribution in [0.5, 0.6) is 0 Å². The first-order chi connectivity index (χ1) is 13.5. The summed E-state index contributed by atoms with van der Waals surface area (Å²) in [5.74, 6) is 0.490. The minimum absolute atomic E-state index is 0.119. The van der Waals surface area contributed by atoms with Gasteiger partial charge in [0.2, 0.25) is 0 Å². The Hall–Kier alpha value is -1.41. The summed E-state index contributed by atoms with van der Waals surface area (Å²) in [6.07, 6.45) is 3.80. The van der Waals surface area contributed by atoms with E-state index in [-0.39, 0.29) is 11.4 Å². The van der Waals surface area contributed by atoms with E-state index in [2.05, 4.69) is 13.8 Å². The van der Waals surface area contributed by atoms with Crippen LogP contribution in [-0.4, -0.2) is 33.4 Å². The molecule has 4 nitrogen and oxygen atoms in total. The number of thiophene rings is 1. The highest BCUT2D eigenvalue weighted by atomic mass is 32.2. The Labute approximate surface area is 177 Å². The fourth-order valence-corrected chi connectivity index (χ4v) is 5.88. The predicted octanol–water partition coefficient (Wildman–Crippen LogP) is 5.63. The molecule has 7 heteroatoms. The molecule has 0 N–H and O–H groups in total. The van der Waals surface area contributed by atoms with Crippen LogP contribution in [0.25, 0.3) is 10.2 Å². The van der Waals surface area contributed by atoms with Gasteiger partial charge in [-0.3, -0.25) is 4.79 Å². The predicted molar refractivity (Wildman–Crippen MR) is 118 cm³/mol. The molecule has 1 aliphatic heterocycles. The summed E-state index contributed by atoms with van der Waals surface area (Å²) in [5, 5.41) is 2.78. The molecule has 0 unspecified atom stereocenters. The summed E-state index contributed by atoms with van der Waals surface area (Å²) < 4.78 is 6.12. The Balaban J connectivity index is 1.70. The zero-order valence-corrected chi connectivity index (χ0v) is 18.6. The molecule has 0 saturated carbocycles. The molecule has 0 radical (unpaired) electrons. The van der Waals surface area contributed by atoms with Crippen molar-refractivity contribution in [3.63, 3.8) is 0 Å². The van der Waals surface area contributed by atoms with Crippen LogP contribution in [0.3, 0.4) is 0 Å². The number of thioether (sulfide) groups is 2. The molecule has 0 amide bonds. The summed E-state index contributed by atoms with van der Waals surface area (Å²) in [4.78, 5) is 24.3. The maximum Gasteiger partial charge on any atom is 0.189 e. The first-order valence-electron chi connectivity index (χ1n) is 9.24. The van der Waals surface area contributed by atoms with Crippen molar-refractivity contribution in [1.82, 2.24) is 9.97 Å². The van der Waals surface area contributed by atoms with Gasteiger partial charge in [-0.05, 0) is 25.2 Å². The molecule has 28 heavy (non-hydrogen) atoms. The van der Waals surface area contributed by atoms with E-state index in [0.29, 0.717) is 12.4 Å². The third-order valence-electron chi connectivity index (χ3n) is 5.15. The number of nitrogens with zero attached hydrogens (tertiary/aromatic N) is 2. The van der Waals surface area contributed by atoms with Crippen molar-refractivity contribution >= 4 is 50.9 Å². The van der Waals surface area contributed by atoms with Gasteiger partial charge in [0.1, 0.15) is 9.86 Å². The molecule has 0 spiro atoms. The van der Waals surface area contributed by atoms with Crippen molar-refractivity contribution in [2.75, 3.05) is 12.0 Å². The summed E-state index contributed by atoms with van der Waals surface area (Å²) in [7, 11) is 0. The lowest BCUT2D eigenvalue weighted by Gasteiger charge is -2.33. The Bertz CT molecular complexity index is 1020. The maximum atomic E-state index is 12.6. The number of fused-ring (bicyclic) bond motifs is 3. The second-order valence-corrected chi connectivity index (χ2v) is 9.87. The molecule has 146 valence electrons. The topological polar surface area (TPSA) is 52.1 Å². The average Bonchev–Trinajstić information content (AvgIpc) is 3.09. The minimum atomic E-state index is -0.152. The smallest absolute Gasteiger partial charge is 0.189 e. The van der Waals surface area contributed by atoms with E-state index in [1.165, 1.54) is 34.0 Å². The molecule has 1 atom stereocenters. The van der Waals surface area contributed by atoms with Crippen molar-refractivity contribution in [3.05, 3.63) is 46.3 Å². The highest BCUT2D eigenvalue weighted by molar-refractivity contribution is 8.00. The monoisotopic (exact) mass is 430 g/mol. The second kappa shape index (κ2) is 8.14. The highest BCUT2D eigenvalue weighted by Gasteiger charge is 2.33. The van der Waals surface area contributed by atoms with Crippen LogP contribution in [0.1, 0.15) is 41.1 Å². The number of Topliss-reactive ketones (excluding diaryl/α,β-unsaturated/α-hetero) is 1. The molecule has 4 rings (SSSR count). The second-order valence-electron chi connectivity index (χ2n) is 7.05. The number of benzene rings is 1. The lowest BCUT2D eigenvalue weighted by Crippen LogP contribution is -2.33. The summed E-state index contributed by atoms with van der Waals surface area (Å²) in [5.41, 5.74) is 1.89. The van der Waals surface area contributed by atoms with E-state index in [1.54, 1.807) is 11.3 Å². The Morgan fingerprint density at radius 1 is 1.29 bits per heavy atom. The van der Waals surface area contributed by atoms with Gasteiger partial charge in [-0.15, -0.1) is 11.3 Å². The third kappa shape index (κ3) is 3.85. The van der Waals surface area contributed by atoms with Crippen LogP contribution in [0.15, 0.2) is 40.5 Å². The van der Waals surface area contributed by atoms with Gasteiger partial charge < -0.3 is 4.74 Å². The van der Waals surface area contributed by atoms with E-state index in [0.717, 1.165) is 38.8 Å². The van der Waals surface area contributed by atoms with Gasteiger partial charge in [-0.1, -0.05) is 60.8 Å². The average molecular weight is 431 g/mol. The Morgan fingerprint density at radius 3 is 2.79 bits per heavy atom. The van der Waals surface area contributed by atoms with Gasteiger partial charge in [0, 0.05) is 22.2 Å². The zero-order chi connectivity index (χ0) is 19.7. The zero-order valence-electron chi connectivity index (χ0n) is 16.2. The number of aromatic nitrogens is 2. The van der Waals surface area contributed by atoms with Crippen molar-refractivity contribution in [1.29, 1.82) is 0 Å². The highest BCUT2D eigenvalue weighted by Crippen LogP contribution is 2.43. The molecule has 0 fully saturated rings. The maximum absolute atomic E-state index is 12.6. The number of rotatable bonds is 6. The number of hydrogen-bond acceptors (Lipinski definition) is 7. The van der Waals surface area contributed by atoms with Crippen molar-refractivity contribution in [2.45, 2.75) is 49.1 Å². The van der Waals surface area contributed by atoms with Crippen molar-refractivity contribution < 1.29 is 9.53 Å². The third-order valence-corrected chi connectivity index (χ3v) is 7.77. The fourth-order valence-electron chi connectivity index (χ4n) is 3.28. The van der Waals surface area contributed by atoms with E-state index in [4.69, 9.17) is 14.7 Å². The molecule has 1 aliphatic rings. The van der Waals surface area contributed by atoms with Gasteiger partial charge in [-0.25, -0.2) is 9.97 Å². The van der Waals surface area contributed by atoms with Gasteiger partial charge in [-0.2, -0.15) is 0 Å². The molecule has 0 saturated heterocycles. The van der Waals surface area contributed by atoms with E-state index < -0.39 is 0 Å². The van der Waals surface area contributed by atoms with Gasteiger partial charge in [0.25, 0.3) is 0 Å². The number of carbonyl (C=O) groups excluding carboxylic acids is 1. The summed E-state index contributed by atoms with van der Waals surface area (Å²) in [6, 6.07) is 9.44. The van der Waals surface area contributed by atoms with Crippen LogP contribution in [0.2, 0.25) is 0 Å². The van der Waals surface area contributed by atoms with Crippen LogP contribution in [0, 0.1) is 0 Å². The van der Waals surface area contributed by atoms with E-state index in [9.17, 15) is 4.79 Å². The molecule has 1 aromatic carbocycles. The van der Waals surface area contributed by atoms with Gasteiger partial charge >= 0.3 is 0 Å². The van der Waals surface area contributed by atoms with Gasteiger partial charge in [0.05, 0.1) is 18.0 Å². The standard InChI is InChI=1S/C21H22N2O2S3/c1-4-21(2)10-14-16(11-25-21)28-19-17(14)18(22-20(23-19)26-3)27-12-15(24)13-8-6-5-7-9-13/h5-9H,4,10-12H2,1-3H3/t21-/m0/s1. The van der Waals surface area contributed by atoms with Crippen molar-refractivity contribution in [3.8, 4) is 0 Å². The lowest BCUT2D eigenvalue weighted by molar-refractivity contribution is -0.0543. The summed E-state index contributed by atoms with van der Waals surface area (Å²) in [6.45, 7) is 4.96. The molecular formula is C21H22N2O2S3. The van der Waals surface area contributed by atoms with Crippen LogP contribution in [0.4, 0.5) is 0 Å². The van der Waals surface area contributed by atoms with Crippen molar-refractivity contribution in [2.24, 2.45) is 0 Å². The van der Waals surface area contributed by atoms with Gasteiger partial charge in [0.15, 0.2) is 10.9 Å². The number of hydrogen-bond donors (Lipinski definition) is 0. The number of carbonyl (C=O) groups is 1. The Morgan fingerprint density at radius 2 is 2.07 bits per heavy atom. The largest absolute Gasteiger partial charge is 0.369 e. The minimum Gasteiger partial charge on any atom is -0.369 e. The SMILES string of the molecule is CC[C@@]1(C)Cc2c(sc3nc(SC)nc(SCC(=O)c4ccccc4)c23)CO1. The summed E-state index contributed by atoms with van der Waals surface area (Å²) >= 11 is 4.75.